The van der Waals surface area contributed by atoms with Crippen LogP contribution in [0, 0.1) is 11.8 Å². The Morgan fingerprint density at radius 3 is 3.00 bits per heavy atom. The summed E-state index contributed by atoms with van der Waals surface area (Å²) >= 11 is 1.47. The van der Waals surface area contributed by atoms with Crippen LogP contribution in [0.2, 0.25) is 0 Å². The third-order valence-corrected chi connectivity index (χ3v) is 5.22. The summed E-state index contributed by atoms with van der Waals surface area (Å²) in [5, 5.41) is 8.05. The van der Waals surface area contributed by atoms with Crippen LogP contribution in [0.4, 0.5) is 0 Å². The second-order valence-corrected chi connectivity index (χ2v) is 6.98. The third kappa shape index (κ3) is 3.26. The molecule has 0 radical (unpaired) electrons. The lowest BCUT2D eigenvalue weighted by atomic mass is 10.3. The van der Waals surface area contributed by atoms with Crippen LogP contribution < -0.4 is 5.73 Å². The van der Waals surface area contributed by atoms with Crippen LogP contribution in [0.5, 0.6) is 0 Å². The number of sulfonamides is 1. The molecule has 0 spiro atoms. The quantitative estimate of drug-likeness (QED) is 0.809. The summed E-state index contributed by atoms with van der Waals surface area (Å²) in [4.78, 5) is 1.03. The highest BCUT2D eigenvalue weighted by Crippen LogP contribution is 2.19. The summed E-state index contributed by atoms with van der Waals surface area (Å²) in [6.07, 6.45) is 2.65. The number of aromatic nitrogens is 2. The van der Waals surface area contributed by atoms with Gasteiger partial charge in [-0.15, -0.1) is 11.3 Å². The Morgan fingerprint density at radius 2 is 2.35 bits per heavy atom. The Balaban J connectivity index is 2.12. The van der Waals surface area contributed by atoms with Gasteiger partial charge < -0.3 is 5.73 Å². The molecule has 0 amide bonds. The zero-order valence-electron chi connectivity index (χ0n) is 10.8. The molecular weight excluding hydrogens is 296 g/mol. The normalized spacial score (nSPS) is 11.3. The lowest BCUT2D eigenvalue weighted by Gasteiger charge is -2.14. The second kappa shape index (κ2) is 6.19. The van der Waals surface area contributed by atoms with Gasteiger partial charge in [-0.3, -0.25) is 5.10 Å². The van der Waals surface area contributed by atoms with E-state index >= 15 is 0 Å². The first-order valence-electron chi connectivity index (χ1n) is 5.75. The SMILES string of the molecule is CN(Cc1csc(C#CCN)c1)S(=O)(=O)c1cn[nH]c1. The molecule has 0 aliphatic heterocycles. The average molecular weight is 310 g/mol. The molecule has 0 atom stereocenters. The number of hydrogen-bond donors (Lipinski definition) is 2. The summed E-state index contributed by atoms with van der Waals surface area (Å²) in [5.74, 6) is 5.69. The van der Waals surface area contributed by atoms with Gasteiger partial charge in [-0.25, -0.2) is 8.42 Å². The van der Waals surface area contributed by atoms with Crippen LogP contribution in [-0.2, 0) is 16.6 Å². The van der Waals surface area contributed by atoms with Crippen LogP contribution >= 0.6 is 11.3 Å². The molecule has 0 fully saturated rings. The Kier molecular flexibility index (Phi) is 4.57. The molecule has 0 saturated heterocycles. The van der Waals surface area contributed by atoms with Crippen molar-refractivity contribution in [2.75, 3.05) is 13.6 Å². The van der Waals surface area contributed by atoms with E-state index in [0.29, 0.717) is 6.54 Å². The molecule has 20 heavy (non-hydrogen) atoms. The van der Waals surface area contributed by atoms with Crippen LogP contribution in [0.3, 0.4) is 0 Å². The topological polar surface area (TPSA) is 92.1 Å². The van der Waals surface area contributed by atoms with Gasteiger partial charge in [0.05, 0.1) is 17.6 Å². The average Bonchev–Trinajstić information content (AvgIpc) is 3.07. The number of nitrogens with zero attached hydrogens (tertiary/aromatic N) is 2. The summed E-state index contributed by atoms with van der Waals surface area (Å²) in [7, 11) is -1.98. The first kappa shape index (κ1) is 14.7. The van der Waals surface area contributed by atoms with Crippen molar-refractivity contribution in [3.05, 3.63) is 34.3 Å². The van der Waals surface area contributed by atoms with E-state index in [4.69, 9.17) is 5.73 Å². The number of thiophene rings is 1. The highest BCUT2D eigenvalue weighted by molar-refractivity contribution is 7.89. The van der Waals surface area contributed by atoms with Crippen molar-refractivity contribution in [3.8, 4) is 11.8 Å². The standard InChI is InChI=1S/C12H14N4O2S2/c1-16(20(17,18)12-6-14-15-7-12)8-10-5-11(19-9-10)3-2-4-13/h5-7,9H,4,8,13H2,1H3,(H,14,15). The van der Waals surface area contributed by atoms with Crippen LogP contribution in [0.15, 0.2) is 28.7 Å². The number of aromatic amines is 1. The largest absolute Gasteiger partial charge is 0.320 e. The molecule has 106 valence electrons. The number of nitrogens with one attached hydrogen (secondary N) is 1. The number of rotatable bonds is 4. The molecule has 2 aromatic heterocycles. The highest BCUT2D eigenvalue weighted by atomic mass is 32.2. The molecule has 0 aliphatic carbocycles. The van der Waals surface area contributed by atoms with Gasteiger partial charge in [0.1, 0.15) is 4.90 Å². The second-order valence-electron chi connectivity index (χ2n) is 4.02. The minimum Gasteiger partial charge on any atom is -0.320 e. The number of hydrogen-bond acceptors (Lipinski definition) is 5. The van der Waals surface area contributed by atoms with Gasteiger partial charge in [0.15, 0.2) is 0 Å². The Morgan fingerprint density at radius 1 is 1.55 bits per heavy atom. The fourth-order valence-corrected chi connectivity index (χ4v) is 3.40. The van der Waals surface area contributed by atoms with Crippen molar-refractivity contribution < 1.29 is 8.42 Å². The van der Waals surface area contributed by atoms with Crippen molar-refractivity contribution in [1.82, 2.24) is 14.5 Å². The van der Waals surface area contributed by atoms with E-state index in [1.54, 1.807) is 0 Å². The Hall–Kier alpha value is -1.66. The zero-order chi connectivity index (χ0) is 14.6. The van der Waals surface area contributed by atoms with Crippen LogP contribution in [0.1, 0.15) is 10.4 Å². The molecule has 2 rings (SSSR count). The summed E-state index contributed by atoms with van der Waals surface area (Å²) in [6, 6.07) is 1.87. The van der Waals surface area contributed by atoms with Crippen molar-refractivity contribution in [3.63, 3.8) is 0 Å². The molecule has 0 unspecified atom stereocenters. The van der Waals surface area contributed by atoms with Crippen molar-refractivity contribution in [1.29, 1.82) is 0 Å². The molecule has 2 aromatic rings. The predicted octanol–water partition coefficient (Wildman–Crippen LogP) is 0.602. The van der Waals surface area contributed by atoms with E-state index in [2.05, 4.69) is 22.0 Å². The molecule has 0 aliphatic rings. The van der Waals surface area contributed by atoms with Crippen molar-refractivity contribution in [2.45, 2.75) is 11.4 Å². The van der Waals surface area contributed by atoms with Gasteiger partial charge in [0, 0.05) is 19.8 Å². The van der Waals surface area contributed by atoms with E-state index in [1.165, 1.54) is 35.1 Å². The molecule has 0 aromatic carbocycles. The maximum Gasteiger partial charge on any atom is 0.246 e. The Labute approximate surface area is 121 Å². The molecule has 0 saturated carbocycles. The summed E-state index contributed by atoms with van der Waals surface area (Å²) in [5.41, 5.74) is 6.20. The molecule has 2 heterocycles. The first-order chi connectivity index (χ1) is 9.54. The van der Waals surface area contributed by atoms with E-state index in [0.717, 1.165) is 10.4 Å². The van der Waals surface area contributed by atoms with Gasteiger partial charge in [-0.2, -0.15) is 9.40 Å². The predicted molar refractivity (Wildman–Crippen MR) is 77.5 cm³/mol. The van der Waals surface area contributed by atoms with Gasteiger partial charge >= 0.3 is 0 Å². The van der Waals surface area contributed by atoms with Gasteiger partial charge in [0.25, 0.3) is 0 Å². The van der Waals surface area contributed by atoms with Crippen molar-refractivity contribution in [2.24, 2.45) is 5.73 Å². The smallest absolute Gasteiger partial charge is 0.246 e. The summed E-state index contributed by atoms with van der Waals surface area (Å²) < 4.78 is 25.7. The number of H-pyrrole nitrogens is 1. The fourth-order valence-electron chi connectivity index (χ4n) is 1.56. The van der Waals surface area contributed by atoms with E-state index in [-0.39, 0.29) is 11.4 Å². The molecule has 6 nitrogen and oxygen atoms in total. The summed E-state index contributed by atoms with van der Waals surface area (Å²) in [6.45, 7) is 0.594. The highest BCUT2D eigenvalue weighted by Gasteiger charge is 2.22. The van der Waals surface area contributed by atoms with E-state index in [1.807, 2.05) is 11.4 Å². The zero-order valence-corrected chi connectivity index (χ0v) is 12.5. The molecule has 3 N–H and O–H groups in total. The van der Waals surface area contributed by atoms with Gasteiger partial charge in [-0.1, -0.05) is 11.8 Å². The maximum absolute atomic E-state index is 12.2. The fraction of sp³-hybridized carbons (Fsp3) is 0.250. The monoisotopic (exact) mass is 310 g/mol. The van der Waals surface area contributed by atoms with Crippen LogP contribution in [-0.4, -0.2) is 36.5 Å². The molecule has 8 heteroatoms. The minimum atomic E-state index is -3.51. The lowest BCUT2D eigenvalue weighted by Crippen LogP contribution is -2.25. The van der Waals surface area contributed by atoms with E-state index < -0.39 is 10.0 Å². The lowest BCUT2D eigenvalue weighted by molar-refractivity contribution is 0.467. The number of nitrogens with two attached hydrogens (primary N) is 1. The minimum absolute atomic E-state index is 0.151. The van der Waals surface area contributed by atoms with Gasteiger partial charge in [0.2, 0.25) is 10.0 Å². The third-order valence-electron chi connectivity index (χ3n) is 2.55. The first-order valence-corrected chi connectivity index (χ1v) is 8.07. The van der Waals surface area contributed by atoms with Crippen molar-refractivity contribution >= 4 is 21.4 Å². The van der Waals surface area contributed by atoms with Crippen LogP contribution in [0.25, 0.3) is 0 Å². The van der Waals surface area contributed by atoms with E-state index in [9.17, 15) is 8.42 Å². The maximum atomic E-state index is 12.2. The Bertz CT molecular complexity index is 723. The van der Waals surface area contributed by atoms with Gasteiger partial charge in [-0.05, 0) is 17.0 Å². The molecule has 0 bridgehead atoms. The molecular formula is C12H14N4O2S2.